The van der Waals surface area contributed by atoms with E-state index in [2.05, 4.69) is 0 Å². The molecule has 0 fully saturated rings. The molecule has 1 unspecified atom stereocenters. The van der Waals surface area contributed by atoms with Crippen molar-refractivity contribution in [3.63, 3.8) is 0 Å². The Balaban J connectivity index is 1.98. The zero-order chi connectivity index (χ0) is 16.6. The first kappa shape index (κ1) is 15.4. The Hall–Kier alpha value is -2.53. The van der Waals surface area contributed by atoms with Crippen LogP contribution in [0.3, 0.4) is 0 Å². The highest BCUT2D eigenvalue weighted by molar-refractivity contribution is 6.02. The summed E-state index contributed by atoms with van der Waals surface area (Å²) in [6, 6.07) is 9.84. The van der Waals surface area contributed by atoms with Crippen molar-refractivity contribution in [2.24, 2.45) is 0 Å². The summed E-state index contributed by atoms with van der Waals surface area (Å²) in [6.07, 6.45) is -0.172. The first-order chi connectivity index (χ1) is 11.0. The summed E-state index contributed by atoms with van der Waals surface area (Å²) >= 11 is 0. The maximum atomic E-state index is 12.6. The number of nitrogens with zero attached hydrogens (tertiary/aromatic N) is 1. The summed E-state index contributed by atoms with van der Waals surface area (Å²) in [5, 5.41) is 19.5. The Morgan fingerprint density at radius 3 is 2.48 bits per heavy atom. The molecule has 1 atom stereocenters. The summed E-state index contributed by atoms with van der Waals surface area (Å²) in [7, 11) is 3.76. The van der Waals surface area contributed by atoms with E-state index >= 15 is 0 Å². The molecule has 0 saturated heterocycles. The lowest BCUT2D eigenvalue weighted by Gasteiger charge is -2.28. The number of Topliss-reactive ketones (excluding diaryl/α,β-unsaturated/α-hetero) is 1. The molecule has 3 rings (SSSR count). The smallest absolute Gasteiger partial charge is 0.171 e. The number of hydrogen-bond donors (Lipinski definition) is 2. The number of carbonyl (C=O) groups is 1. The molecular weight excluding hydrogens is 294 g/mol. The number of aromatic hydroxyl groups is 2. The van der Waals surface area contributed by atoms with Crippen LogP contribution in [0, 0.1) is 0 Å². The standard InChI is InChI=1S/C18H19NO4/c1-19(2)10-13-14(21)7-8-16-18(13)15(22)9-17(23-16)11-3-5-12(20)6-4-11/h3-8,17,20-21H,9-10H2,1-2H3. The van der Waals surface area contributed by atoms with Gasteiger partial charge in [0.2, 0.25) is 0 Å². The van der Waals surface area contributed by atoms with Crippen LogP contribution in [-0.2, 0) is 6.54 Å². The first-order valence-corrected chi connectivity index (χ1v) is 7.44. The van der Waals surface area contributed by atoms with E-state index < -0.39 is 0 Å². The first-order valence-electron chi connectivity index (χ1n) is 7.44. The van der Waals surface area contributed by atoms with Crippen molar-refractivity contribution in [2.45, 2.75) is 19.1 Å². The maximum absolute atomic E-state index is 12.6. The van der Waals surface area contributed by atoms with Gasteiger partial charge >= 0.3 is 0 Å². The molecule has 2 aromatic rings. The lowest BCUT2D eigenvalue weighted by molar-refractivity contribution is 0.0846. The third-order valence-corrected chi connectivity index (χ3v) is 3.91. The highest BCUT2D eigenvalue weighted by Gasteiger charge is 2.31. The quantitative estimate of drug-likeness (QED) is 0.912. The van der Waals surface area contributed by atoms with Gasteiger partial charge in [0.15, 0.2) is 5.78 Å². The summed E-state index contributed by atoms with van der Waals surface area (Å²) in [5.74, 6) is 0.734. The number of phenolic OH excluding ortho intramolecular Hbond substituents is 2. The second-order valence-electron chi connectivity index (χ2n) is 6.00. The minimum absolute atomic E-state index is 0.0444. The molecule has 0 saturated carbocycles. The van der Waals surface area contributed by atoms with Gasteiger partial charge in [-0.2, -0.15) is 0 Å². The molecule has 2 aromatic carbocycles. The molecule has 1 aliphatic heterocycles. The zero-order valence-electron chi connectivity index (χ0n) is 13.1. The third kappa shape index (κ3) is 3.00. The van der Waals surface area contributed by atoms with Crippen LogP contribution < -0.4 is 4.74 Å². The van der Waals surface area contributed by atoms with Crippen LogP contribution in [0.2, 0.25) is 0 Å². The van der Waals surface area contributed by atoms with E-state index in [1.54, 1.807) is 36.4 Å². The van der Waals surface area contributed by atoms with Gasteiger partial charge in [0.05, 0.1) is 12.0 Å². The second kappa shape index (κ2) is 5.93. The molecule has 5 nitrogen and oxygen atoms in total. The monoisotopic (exact) mass is 313 g/mol. The van der Waals surface area contributed by atoms with Gasteiger partial charge in [-0.1, -0.05) is 12.1 Å². The van der Waals surface area contributed by atoms with E-state index in [4.69, 9.17) is 4.74 Å². The molecule has 0 radical (unpaired) electrons. The molecular formula is C18H19NO4. The van der Waals surface area contributed by atoms with E-state index in [0.29, 0.717) is 23.4 Å². The molecule has 5 heteroatoms. The second-order valence-corrected chi connectivity index (χ2v) is 6.00. The molecule has 0 aromatic heterocycles. The number of ketones is 1. The Kier molecular flexibility index (Phi) is 3.96. The Morgan fingerprint density at radius 2 is 1.83 bits per heavy atom. The van der Waals surface area contributed by atoms with Gasteiger partial charge in [-0.25, -0.2) is 0 Å². The van der Waals surface area contributed by atoms with Crippen LogP contribution in [0.5, 0.6) is 17.2 Å². The van der Waals surface area contributed by atoms with Gasteiger partial charge in [-0.15, -0.1) is 0 Å². The van der Waals surface area contributed by atoms with Crippen LogP contribution in [0.25, 0.3) is 0 Å². The van der Waals surface area contributed by atoms with Gasteiger partial charge < -0.3 is 19.8 Å². The summed E-state index contributed by atoms with van der Waals surface area (Å²) in [5.41, 5.74) is 1.90. The van der Waals surface area contributed by atoms with Crippen LogP contribution in [0.1, 0.15) is 34.0 Å². The van der Waals surface area contributed by atoms with Crippen LogP contribution in [0.4, 0.5) is 0 Å². The third-order valence-electron chi connectivity index (χ3n) is 3.91. The largest absolute Gasteiger partial charge is 0.508 e. The molecule has 0 aliphatic carbocycles. The Labute approximate surface area is 134 Å². The van der Waals surface area contributed by atoms with Gasteiger partial charge in [0.1, 0.15) is 23.4 Å². The molecule has 0 spiro atoms. The van der Waals surface area contributed by atoms with E-state index in [1.807, 2.05) is 19.0 Å². The van der Waals surface area contributed by atoms with Gasteiger partial charge in [0, 0.05) is 12.1 Å². The number of benzene rings is 2. The fraction of sp³-hybridized carbons (Fsp3) is 0.278. The highest BCUT2D eigenvalue weighted by Crippen LogP contribution is 2.40. The normalized spacial score (nSPS) is 17.0. The topological polar surface area (TPSA) is 70.0 Å². The van der Waals surface area contributed by atoms with Crippen LogP contribution in [-0.4, -0.2) is 35.0 Å². The summed E-state index contributed by atoms with van der Waals surface area (Å²) in [6.45, 7) is 0.466. The van der Waals surface area contributed by atoms with Gasteiger partial charge in [-0.3, -0.25) is 4.79 Å². The van der Waals surface area contributed by atoms with E-state index in [-0.39, 0.29) is 29.8 Å². The highest BCUT2D eigenvalue weighted by atomic mass is 16.5. The fourth-order valence-electron chi connectivity index (χ4n) is 2.84. The van der Waals surface area contributed by atoms with E-state index in [1.165, 1.54) is 0 Å². The Morgan fingerprint density at radius 1 is 1.13 bits per heavy atom. The molecule has 1 aliphatic rings. The minimum atomic E-state index is -0.382. The summed E-state index contributed by atoms with van der Waals surface area (Å²) < 4.78 is 5.97. The van der Waals surface area contributed by atoms with Gasteiger partial charge in [0.25, 0.3) is 0 Å². The predicted molar refractivity (Wildman–Crippen MR) is 85.9 cm³/mol. The van der Waals surface area contributed by atoms with E-state index in [0.717, 1.165) is 5.56 Å². The zero-order valence-corrected chi connectivity index (χ0v) is 13.1. The SMILES string of the molecule is CN(C)Cc1c(O)ccc2c1C(=O)CC(c1ccc(O)cc1)O2. The number of fused-ring (bicyclic) bond motifs is 1. The molecule has 23 heavy (non-hydrogen) atoms. The average Bonchev–Trinajstić information content (AvgIpc) is 2.50. The van der Waals surface area contributed by atoms with Crippen LogP contribution in [0.15, 0.2) is 36.4 Å². The van der Waals surface area contributed by atoms with Crippen molar-refractivity contribution in [3.8, 4) is 17.2 Å². The number of phenols is 2. The van der Waals surface area contributed by atoms with Crippen molar-refractivity contribution < 1.29 is 19.7 Å². The number of rotatable bonds is 3. The van der Waals surface area contributed by atoms with Crippen LogP contribution >= 0.6 is 0 Å². The fourth-order valence-corrected chi connectivity index (χ4v) is 2.84. The average molecular weight is 313 g/mol. The maximum Gasteiger partial charge on any atom is 0.171 e. The molecule has 120 valence electrons. The number of hydrogen-bond acceptors (Lipinski definition) is 5. The lowest BCUT2D eigenvalue weighted by atomic mass is 9.92. The molecule has 2 N–H and O–H groups in total. The van der Waals surface area contributed by atoms with Crippen molar-refractivity contribution >= 4 is 5.78 Å². The predicted octanol–water partition coefficient (Wildman–Crippen LogP) is 2.87. The minimum Gasteiger partial charge on any atom is -0.508 e. The number of ether oxygens (including phenoxy) is 1. The Bertz CT molecular complexity index is 737. The van der Waals surface area contributed by atoms with Gasteiger partial charge in [-0.05, 0) is 43.9 Å². The van der Waals surface area contributed by atoms with Crippen molar-refractivity contribution in [1.29, 1.82) is 0 Å². The molecule has 0 bridgehead atoms. The number of carbonyl (C=O) groups excluding carboxylic acids is 1. The van der Waals surface area contributed by atoms with E-state index in [9.17, 15) is 15.0 Å². The lowest BCUT2D eigenvalue weighted by Crippen LogP contribution is -2.23. The molecule has 1 heterocycles. The van der Waals surface area contributed by atoms with Crippen molar-refractivity contribution in [1.82, 2.24) is 4.90 Å². The molecule has 0 amide bonds. The van der Waals surface area contributed by atoms with Crippen molar-refractivity contribution in [3.05, 3.63) is 53.1 Å². The summed E-state index contributed by atoms with van der Waals surface area (Å²) in [4.78, 5) is 14.5. The van der Waals surface area contributed by atoms with Crippen molar-refractivity contribution in [2.75, 3.05) is 14.1 Å².